The summed E-state index contributed by atoms with van der Waals surface area (Å²) in [5, 5.41) is 3.37. The summed E-state index contributed by atoms with van der Waals surface area (Å²) in [6.45, 7) is 3.81. The summed E-state index contributed by atoms with van der Waals surface area (Å²) < 4.78 is 4.97. The van der Waals surface area contributed by atoms with Crippen molar-refractivity contribution >= 4 is 0 Å². The van der Waals surface area contributed by atoms with Crippen molar-refractivity contribution in [3.63, 3.8) is 0 Å². The van der Waals surface area contributed by atoms with E-state index in [0.29, 0.717) is 6.04 Å². The average Bonchev–Trinajstić information content (AvgIpc) is 2.19. The van der Waals surface area contributed by atoms with Gasteiger partial charge in [-0.05, 0) is 12.5 Å². The Morgan fingerprint density at radius 2 is 2.00 bits per heavy atom. The Hall–Kier alpha value is -0.860. The zero-order valence-electron chi connectivity index (χ0n) is 8.29. The summed E-state index contributed by atoms with van der Waals surface area (Å²) in [4.78, 5) is 0. The highest BCUT2D eigenvalue weighted by Gasteiger charge is 2.01. The van der Waals surface area contributed by atoms with Crippen molar-refractivity contribution in [1.82, 2.24) is 5.32 Å². The summed E-state index contributed by atoms with van der Waals surface area (Å²) in [6.07, 6.45) is 0. The molecule has 1 aromatic rings. The molecule has 0 aliphatic heterocycles. The Morgan fingerprint density at radius 3 is 2.62 bits per heavy atom. The molecular weight excluding hydrogens is 162 g/mol. The largest absolute Gasteiger partial charge is 0.383 e. The van der Waals surface area contributed by atoms with Crippen molar-refractivity contribution in [2.75, 3.05) is 20.3 Å². The van der Waals surface area contributed by atoms with Crippen LogP contribution in [-0.2, 0) is 4.74 Å². The zero-order valence-corrected chi connectivity index (χ0v) is 8.29. The van der Waals surface area contributed by atoms with E-state index in [9.17, 15) is 0 Å². The Morgan fingerprint density at radius 1 is 1.31 bits per heavy atom. The van der Waals surface area contributed by atoms with Gasteiger partial charge in [-0.3, -0.25) is 0 Å². The molecule has 2 nitrogen and oxygen atoms in total. The molecule has 0 amide bonds. The maximum atomic E-state index is 4.97. The molecule has 0 aliphatic carbocycles. The number of methoxy groups -OCH3 is 1. The molecule has 0 radical (unpaired) electrons. The first kappa shape index (κ1) is 10.2. The lowest BCUT2D eigenvalue weighted by Gasteiger charge is -2.13. The fourth-order valence-electron chi connectivity index (χ4n) is 1.24. The SMILES string of the molecule is COCCN[C@@H](C)c1ccccc1. The fourth-order valence-corrected chi connectivity index (χ4v) is 1.24. The van der Waals surface area contributed by atoms with Crippen LogP contribution in [0.4, 0.5) is 0 Å². The normalized spacial score (nSPS) is 12.8. The molecule has 0 aromatic heterocycles. The van der Waals surface area contributed by atoms with E-state index >= 15 is 0 Å². The van der Waals surface area contributed by atoms with Crippen LogP contribution in [0, 0.1) is 0 Å². The second-order valence-electron chi connectivity index (χ2n) is 3.08. The van der Waals surface area contributed by atoms with Gasteiger partial charge in [-0.1, -0.05) is 30.3 Å². The van der Waals surface area contributed by atoms with Gasteiger partial charge in [0, 0.05) is 19.7 Å². The lowest BCUT2D eigenvalue weighted by Crippen LogP contribution is -2.22. The van der Waals surface area contributed by atoms with Crippen LogP contribution in [0.1, 0.15) is 18.5 Å². The van der Waals surface area contributed by atoms with Crippen molar-refractivity contribution in [2.45, 2.75) is 13.0 Å². The maximum absolute atomic E-state index is 4.97. The van der Waals surface area contributed by atoms with Gasteiger partial charge in [0.25, 0.3) is 0 Å². The van der Waals surface area contributed by atoms with Gasteiger partial charge in [-0.15, -0.1) is 0 Å². The van der Waals surface area contributed by atoms with Gasteiger partial charge in [0.05, 0.1) is 6.61 Å². The van der Waals surface area contributed by atoms with E-state index in [1.807, 2.05) is 6.07 Å². The van der Waals surface area contributed by atoms with Crippen molar-refractivity contribution < 1.29 is 4.74 Å². The smallest absolute Gasteiger partial charge is 0.0587 e. The summed E-state index contributed by atoms with van der Waals surface area (Å²) >= 11 is 0. The van der Waals surface area contributed by atoms with Crippen LogP contribution >= 0.6 is 0 Å². The first-order valence-corrected chi connectivity index (χ1v) is 4.62. The Kier molecular flexibility index (Phi) is 4.50. The number of benzene rings is 1. The highest BCUT2D eigenvalue weighted by Crippen LogP contribution is 2.10. The van der Waals surface area contributed by atoms with E-state index in [-0.39, 0.29) is 0 Å². The quantitative estimate of drug-likeness (QED) is 0.698. The molecule has 0 bridgehead atoms. The van der Waals surface area contributed by atoms with Crippen LogP contribution in [0.15, 0.2) is 30.3 Å². The molecule has 1 aromatic carbocycles. The van der Waals surface area contributed by atoms with Crippen LogP contribution in [0.5, 0.6) is 0 Å². The minimum absolute atomic E-state index is 0.399. The topological polar surface area (TPSA) is 21.3 Å². The summed E-state index contributed by atoms with van der Waals surface area (Å²) in [6, 6.07) is 10.8. The number of hydrogen-bond donors (Lipinski definition) is 1. The van der Waals surface area contributed by atoms with Crippen molar-refractivity contribution in [1.29, 1.82) is 0 Å². The lowest BCUT2D eigenvalue weighted by molar-refractivity contribution is 0.196. The molecule has 0 unspecified atom stereocenters. The second kappa shape index (κ2) is 5.73. The van der Waals surface area contributed by atoms with E-state index in [4.69, 9.17) is 4.74 Å². The third kappa shape index (κ3) is 3.57. The molecular formula is C11H17NO. The van der Waals surface area contributed by atoms with E-state index in [0.717, 1.165) is 13.2 Å². The monoisotopic (exact) mass is 179 g/mol. The highest BCUT2D eigenvalue weighted by atomic mass is 16.5. The van der Waals surface area contributed by atoms with Gasteiger partial charge >= 0.3 is 0 Å². The highest BCUT2D eigenvalue weighted by molar-refractivity contribution is 5.17. The molecule has 0 aliphatic rings. The van der Waals surface area contributed by atoms with E-state index in [1.54, 1.807) is 7.11 Å². The van der Waals surface area contributed by atoms with Gasteiger partial charge in [-0.25, -0.2) is 0 Å². The standard InChI is InChI=1S/C11H17NO/c1-10(12-8-9-13-2)11-6-4-3-5-7-11/h3-7,10,12H,8-9H2,1-2H3/t10-/m0/s1. The molecule has 1 N–H and O–H groups in total. The Labute approximate surface area is 79.9 Å². The average molecular weight is 179 g/mol. The number of rotatable bonds is 5. The first-order chi connectivity index (χ1) is 6.34. The van der Waals surface area contributed by atoms with Crippen LogP contribution < -0.4 is 5.32 Å². The molecule has 0 heterocycles. The van der Waals surface area contributed by atoms with E-state index < -0.39 is 0 Å². The first-order valence-electron chi connectivity index (χ1n) is 4.62. The molecule has 0 saturated carbocycles. The number of ether oxygens (including phenoxy) is 1. The molecule has 0 spiro atoms. The van der Waals surface area contributed by atoms with E-state index in [1.165, 1.54) is 5.56 Å². The Bertz CT molecular complexity index is 223. The third-order valence-electron chi connectivity index (χ3n) is 2.06. The van der Waals surface area contributed by atoms with Gasteiger partial charge in [0.1, 0.15) is 0 Å². The minimum Gasteiger partial charge on any atom is -0.383 e. The van der Waals surface area contributed by atoms with Gasteiger partial charge in [0.15, 0.2) is 0 Å². The lowest BCUT2D eigenvalue weighted by atomic mass is 10.1. The van der Waals surface area contributed by atoms with Crippen molar-refractivity contribution in [3.8, 4) is 0 Å². The van der Waals surface area contributed by atoms with Gasteiger partial charge in [-0.2, -0.15) is 0 Å². The second-order valence-corrected chi connectivity index (χ2v) is 3.08. The summed E-state index contributed by atoms with van der Waals surface area (Å²) in [7, 11) is 1.72. The predicted molar refractivity (Wildman–Crippen MR) is 54.7 cm³/mol. The molecule has 1 rings (SSSR count). The van der Waals surface area contributed by atoms with Gasteiger partial charge in [0.2, 0.25) is 0 Å². The van der Waals surface area contributed by atoms with Crippen LogP contribution in [0.25, 0.3) is 0 Å². The third-order valence-corrected chi connectivity index (χ3v) is 2.06. The molecule has 72 valence electrons. The van der Waals surface area contributed by atoms with Gasteiger partial charge < -0.3 is 10.1 Å². The minimum atomic E-state index is 0.399. The predicted octanol–water partition coefficient (Wildman–Crippen LogP) is 1.98. The van der Waals surface area contributed by atoms with Crippen LogP contribution in [0.3, 0.4) is 0 Å². The maximum Gasteiger partial charge on any atom is 0.0587 e. The van der Waals surface area contributed by atoms with Crippen molar-refractivity contribution in [2.24, 2.45) is 0 Å². The van der Waals surface area contributed by atoms with Crippen LogP contribution in [0.2, 0.25) is 0 Å². The molecule has 0 saturated heterocycles. The zero-order chi connectivity index (χ0) is 9.52. The Balaban J connectivity index is 2.35. The summed E-state index contributed by atoms with van der Waals surface area (Å²) in [5.41, 5.74) is 1.32. The summed E-state index contributed by atoms with van der Waals surface area (Å²) in [5.74, 6) is 0. The van der Waals surface area contributed by atoms with E-state index in [2.05, 4.69) is 36.5 Å². The molecule has 2 heteroatoms. The fraction of sp³-hybridized carbons (Fsp3) is 0.455. The van der Waals surface area contributed by atoms with Crippen molar-refractivity contribution in [3.05, 3.63) is 35.9 Å². The number of nitrogens with one attached hydrogen (secondary N) is 1. The van der Waals surface area contributed by atoms with Crippen LogP contribution in [-0.4, -0.2) is 20.3 Å². The molecule has 13 heavy (non-hydrogen) atoms. The number of hydrogen-bond acceptors (Lipinski definition) is 2. The molecule has 0 fully saturated rings. The molecule has 1 atom stereocenters.